The third kappa shape index (κ3) is 5.10. The summed E-state index contributed by atoms with van der Waals surface area (Å²) in [6, 6.07) is 7.39. The fourth-order valence-electron chi connectivity index (χ4n) is 1.32. The number of nitrogens with one attached hydrogen (secondary N) is 1. The number of amides is 1. The maximum absolute atomic E-state index is 11.7. The van der Waals surface area contributed by atoms with E-state index in [4.69, 9.17) is 14.9 Å². The zero-order valence-corrected chi connectivity index (χ0v) is 11.9. The van der Waals surface area contributed by atoms with E-state index < -0.39 is 5.54 Å². The fraction of sp³-hybridized carbons (Fsp3) is 0.462. The van der Waals surface area contributed by atoms with Crippen molar-refractivity contribution >= 4 is 17.7 Å². The summed E-state index contributed by atoms with van der Waals surface area (Å²) < 4.78 is 5.05. The summed E-state index contributed by atoms with van der Waals surface area (Å²) in [5.74, 6) is 0.760. The van der Waals surface area contributed by atoms with Gasteiger partial charge in [-0.1, -0.05) is 0 Å². The van der Waals surface area contributed by atoms with Gasteiger partial charge in [0.25, 0.3) is 0 Å². The molecule has 0 saturated heterocycles. The molecule has 1 rings (SSSR count). The van der Waals surface area contributed by atoms with Crippen LogP contribution in [0.1, 0.15) is 6.92 Å². The van der Waals surface area contributed by atoms with Crippen molar-refractivity contribution < 1.29 is 19.7 Å². The van der Waals surface area contributed by atoms with Gasteiger partial charge in [-0.05, 0) is 31.2 Å². The summed E-state index contributed by atoms with van der Waals surface area (Å²) in [6.45, 7) is 0.980. The Kier molecular flexibility index (Phi) is 6.14. The summed E-state index contributed by atoms with van der Waals surface area (Å²) in [5, 5.41) is 20.8. The van der Waals surface area contributed by atoms with Crippen LogP contribution in [0, 0.1) is 0 Å². The molecule has 0 heterocycles. The van der Waals surface area contributed by atoms with Crippen LogP contribution in [0.3, 0.4) is 0 Å². The molecule has 1 aromatic rings. The quantitative estimate of drug-likeness (QED) is 0.641. The molecule has 3 N–H and O–H groups in total. The van der Waals surface area contributed by atoms with Crippen molar-refractivity contribution in [3.63, 3.8) is 0 Å². The highest BCUT2D eigenvalue weighted by Crippen LogP contribution is 2.21. The number of rotatable bonds is 7. The van der Waals surface area contributed by atoms with Crippen molar-refractivity contribution in [2.24, 2.45) is 0 Å². The molecular formula is C13H19NO4S. The molecule has 0 unspecified atom stereocenters. The average molecular weight is 285 g/mol. The van der Waals surface area contributed by atoms with Gasteiger partial charge in [-0.15, -0.1) is 11.8 Å². The largest absolute Gasteiger partial charge is 0.497 e. The van der Waals surface area contributed by atoms with Gasteiger partial charge < -0.3 is 20.3 Å². The molecule has 106 valence electrons. The number of carbonyl (C=O) groups is 1. The van der Waals surface area contributed by atoms with Crippen molar-refractivity contribution in [3.8, 4) is 5.75 Å². The maximum atomic E-state index is 11.7. The monoisotopic (exact) mass is 285 g/mol. The zero-order chi connectivity index (χ0) is 14.3. The zero-order valence-electron chi connectivity index (χ0n) is 11.0. The number of benzene rings is 1. The number of aliphatic hydroxyl groups is 2. The lowest BCUT2D eigenvalue weighted by Crippen LogP contribution is -2.52. The van der Waals surface area contributed by atoms with Crippen molar-refractivity contribution in [2.75, 3.05) is 26.1 Å². The standard InChI is InChI=1S/C13H19NO4S/c1-13(8-15,9-16)14-12(17)7-19-11-5-3-10(18-2)4-6-11/h3-6,15-16H,7-9H2,1-2H3,(H,14,17). The smallest absolute Gasteiger partial charge is 0.230 e. The van der Waals surface area contributed by atoms with Crippen molar-refractivity contribution in [3.05, 3.63) is 24.3 Å². The number of hydrogen-bond donors (Lipinski definition) is 3. The van der Waals surface area contributed by atoms with Gasteiger partial charge >= 0.3 is 0 Å². The van der Waals surface area contributed by atoms with Crippen molar-refractivity contribution in [2.45, 2.75) is 17.4 Å². The molecule has 1 aromatic carbocycles. The molecule has 0 aliphatic carbocycles. The first-order chi connectivity index (χ1) is 9.03. The van der Waals surface area contributed by atoms with E-state index in [0.717, 1.165) is 10.6 Å². The molecule has 5 nitrogen and oxygen atoms in total. The Balaban J connectivity index is 2.45. The second-order valence-electron chi connectivity index (χ2n) is 4.39. The first-order valence-corrected chi connectivity index (χ1v) is 6.81. The molecule has 0 bridgehead atoms. The van der Waals surface area contributed by atoms with Gasteiger partial charge in [0.1, 0.15) is 5.75 Å². The molecule has 0 radical (unpaired) electrons. The number of carbonyl (C=O) groups excluding carboxylic acids is 1. The van der Waals surface area contributed by atoms with Crippen LogP contribution in [0.5, 0.6) is 5.75 Å². The minimum absolute atomic E-state index is 0.224. The van der Waals surface area contributed by atoms with Crippen LogP contribution in [0.25, 0.3) is 0 Å². The Morgan fingerprint density at radius 1 is 1.32 bits per heavy atom. The van der Waals surface area contributed by atoms with E-state index in [9.17, 15) is 4.79 Å². The Bertz CT molecular complexity index is 404. The van der Waals surface area contributed by atoms with Crippen LogP contribution < -0.4 is 10.1 Å². The van der Waals surface area contributed by atoms with Gasteiger partial charge in [-0.25, -0.2) is 0 Å². The number of thioether (sulfide) groups is 1. The van der Waals surface area contributed by atoms with E-state index in [0.29, 0.717) is 0 Å². The SMILES string of the molecule is COc1ccc(SCC(=O)NC(C)(CO)CO)cc1. The number of aliphatic hydroxyl groups excluding tert-OH is 2. The fourth-order valence-corrected chi connectivity index (χ4v) is 2.02. The van der Waals surface area contributed by atoms with E-state index >= 15 is 0 Å². The Hall–Kier alpha value is -1.24. The first-order valence-electron chi connectivity index (χ1n) is 5.82. The Morgan fingerprint density at radius 2 is 1.89 bits per heavy atom. The number of ether oxygens (including phenoxy) is 1. The molecule has 0 aliphatic rings. The van der Waals surface area contributed by atoms with Gasteiger partial charge in [-0.2, -0.15) is 0 Å². The highest BCUT2D eigenvalue weighted by Gasteiger charge is 2.24. The van der Waals surface area contributed by atoms with Crippen molar-refractivity contribution in [1.29, 1.82) is 0 Å². The first kappa shape index (κ1) is 15.8. The Morgan fingerprint density at radius 3 is 2.37 bits per heavy atom. The van der Waals surface area contributed by atoms with Crippen LogP contribution in [0.4, 0.5) is 0 Å². The van der Waals surface area contributed by atoms with Gasteiger partial charge in [0.15, 0.2) is 0 Å². The van der Waals surface area contributed by atoms with Gasteiger partial charge in [-0.3, -0.25) is 4.79 Å². The van der Waals surface area contributed by atoms with Gasteiger partial charge in [0.2, 0.25) is 5.91 Å². The predicted octanol–water partition coefficient (Wildman–Crippen LogP) is 0.647. The van der Waals surface area contributed by atoms with Crippen LogP contribution in [0.2, 0.25) is 0 Å². The normalized spacial score (nSPS) is 11.2. The van der Waals surface area contributed by atoms with Crippen LogP contribution in [-0.4, -0.2) is 47.7 Å². The molecule has 0 fully saturated rings. The molecule has 0 aliphatic heterocycles. The lowest BCUT2D eigenvalue weighted by molar-refractivity contribution is -0.121. The average Bonchev–Trinajstić information content (AvgIpc) is 2.45. The number of methoxy groups -OCH3 is 1. The molecule has 0 atom stereocenters. The lowest BCUT2D eigenvalue weighted by Gasteiger charge is -2.26. The third-order valence-corrected chi connectivity index (χ3v) is 3.58. The predicted molar refractivity (Wildman–Crippen MR) is 74.4 cm³/mol. The summed E-state index contributed by atoms with van der Waals surface area (Å²) in [4.78, 5) is 12.6. The topological polar surface area (TPSA) is 78.8 Å². The van der Waals surface area contributed by atoms with E-state index in [1.165, 1.54) is 11.8 Å². The van der Waals surface area contributed by atoms with Crippen LogP contribution in [0.15, 0.2) is 29.2 Å². The van der Waals surface area contributed by atoms with Crippen molar-refractivity contribution in [1.82, 2.24) is 5.32 Å². The van der Waals surface area contributed by atoms with Gasteiger partial charge in [0, 0.05) is 4.90 Å². The highest BCUT2D eigenvalue weighted by atomic mass is 32.2. The van der Waals surface area contributed by atoms with Crippen LogP contribution in [-0.2, 0) is 4.79 Å². The van der Waals surface area contributed by atoms with Crippen LogP contribution >= 0.6 is 11.8 Å². The van der Waals surface area contributed by atoms with E-state index in [1.807, 2.05) is 24.3 Å². The summed E-state index contributed by atoms with van der Waals surface area (Å²) in [6.07, 6.45) is 0. The lowest BCUT2D eigenvalue weighted by atomic mass is 10.1. The second-order valence-corrected chi connectivity index (χ2v) is 5.44. The second kappa shape index (κ2) is 7.37. The van der Waals surface area contributed by atoms with E-state index in [-0.39, 0.29) is 24.9 Å². The Labute approximate surface area is 117 Å². The number of hydrogen-bond acceptors (Lipinski definition) is 5. The van der Waals surface area contributed by atoms with E-state index in [1.54, 1.807) is 14.0 Å². The molecular weight excluding hydrogens is 266 g/mol. The summed E-state index contributed by atoms with van der Waals surface area (Å²) >= 11 is 1.38. The van der Waals surface area contributed by atoms with E-state index in [2.05, 4.69) is 5.32 Å². The summed E-state index contributed by atoms with van der Waals surface area (Å²) in [7, 11) is 1.60. The third-order valence-electron chi connectivity index (χ3n) is 2.57. The molecule has 19 heavy (non-hydrogen) atoms. The minimum atomic E-state index is -0.975. The summed E-state index contributed by atoms with van der Waals surface area (Å²) in [5.41, 5.74) is -0.975. The molecule has 0 aromatic heterocycles. The molecule has 6 heteroatoms. The molecule has 0 spiro atoms. The molecule has 1 amide bonds. The minimum Gasteiger partial charge on any atom is -0.497 e. The highest BCUT2D eigenvalue weighted by molar-refractivity contribution is 8.00. The molecule has 0 saturated carbocycles. The maximum Gasteiger partial charge on any atom is 0.230 e. The van der Waals surface area contributed by atoms with Gasteiger partial charge in [0.05, 0.1) is 31.6 Å².